The van der Waals surface area contributed by atoms with Crippen molar-refractivity contribution < 1.29 is 39.1 Å². The Bertz CT molecular complexity index is 1640. The van der Waals surface area contributed by atoms with Crippen LogP contribution in [0.1, 0.15) is 41.4 Å². The molecule has 0 bridgehead atoms. The molecule has 0 radical (unpaired) electrons. The molecule has 2 atom stereocenters. The molecule has 2 aliphatic heterocycles. The minimum Gasteiger partial charge on any atom is -0.508 e. The van der Waals surface area contributed by atoms with Crippen molar-refractivity contribution in [2.45, 2.75) is 19.1 Å². The second-order valence-corrected chi connectivity index (χ2v) is 11.1. The first-order valence-corrected chi connectivity index (χ1v) is 14.7. The Hall–Kier alpha value is -4.86. The molecule has 8 nitrogen and oxygen atoms in total. The molecule has 45 heavy (non-hydrogen) atoms. The van der Waals surface area contributed by atoms with Crippen LogP contribution in [0.5, 0.6) is 23.0 Å². The predicted molar refractivity (Wildman–Crippen MR) is 169 cm³/mol. The molecular formula is C36H36FNO7. The van der Waals surface area contributed by atoms with Gasteiger partial charge in [0.05, 0.1) is 6.67 Å². The number of allylic oxidation sites excluding steroid dienone is 1. The number of halogens is 1. The maximum absolute atomic E-state index is 12.6. The van der Waals surface area contributed by atoms with Crippen LogP contribution in [-0.2, 0) is 4.79 Å². The number of aliphatic hydroxyl groups excluding tert-OH is 1. The number of phenols is 2. The zero-order chi connectivity index (χ0) is 31.9. The van der Waals surface area contributed by atoms with Crippen LogP contribution in [0.2, 0.25) is 0 Å². The van der Waals surface area contributed by atoms with Crippen molar-refractivity contribution in [3.63, 3.8) is 0 Å². The summed E-state index contributed by atoms with van der Waals surface area (Å²) in [6, 6.07) is 28.3. The molecule has 0 aromatic heterocycles. The summed E-state index contributed by atoms with van der Waals surface area (Å²) in [5.41, 5.74) is 4.96. The molecular weight excluding hydrogens is 577 g/mol. The van der Waals surface area contributed by atoms with Gasteiger partial charge in [0.2, 0.25) is 0 Å². The van der Waals surface area contributed by atoms with Crippen molar-refractivity contribution in [2.24, 2.45) is 5.92 Å². The van der Waals surface area contributed by atoms with Gasteiger partial charge in [0.1, 0.15) is 35.7 Å². The number of alkyl halides is 1. The summed E-state index contributed by atoms with van der Waals surface area (Å²) in [6.07, 6.45) is -1.79. The number of carbonyl (C=O) groups is 1. The predicted octanol–water partition coefficient (Wildman–Crippen LogP) is 6.25. The summed E-state index contributed by atoms with van der Waals surface area (Å²) in [4.78, 5) is 12.4. The van der Waals surface area contributed by atoms with E-state index in [1.807, 2.05) is 43.3 Å². The van der Waals surface area contributed by atoms with E-state index in [1.165, 1.54) is 0 Å². The Morgan fingerprint density at radius 1 is 0.956 bits per heavy atom. The molecule has 0 aliphatic carbocycles. The fourth-order valence-electron chi connectivity index (χ4n) is 5.48. The van der Waals surface area contributed by atoms with Crippen LogP contribution in [0, 0.1) is 5.92 Å². The van der Waals surface area contributed by atoms with E-state index in [0.29, 0.717) is 17.9 Å². The second-order valence-electron chi connectivity index (χ2n) is 11.1. The fourth-order valence-corrected chi connectivity index (χ4v) is 5.48. The van der Waals surface area contributed by atoms with Gasteiger partial charge in [0, 0.05) is 36.7 Å². The van der Waals surface area contributed by atoms with Crippen molar-refractivity contribution in [1.82, 2.24) is 4.90 Å². The van der Waals surface area contributed by atoms with Crippen LogP contribution in [0.25, 0.3) is 11.1 Å². The number of ether oxygens (including phenoxy) is 2. The molecule has 1 fully saturated rings. The molecule has 2 aliphatic rings. The number of rotatable bonds is 9. The van der Waals surface area contributed by atoms with Gasteiger partial charge in [-0.2, -0.15) is 0 Å². The molecule has 4 aromatic rings. The van der Waals surface area contributed by atoms with Crippen LogP contribution in [0.3, 0.4) is 0 Å². The zero-order valence-corrected chi connectivity index (χ0v) is 24.8. The number of benzene rings is 4. The average molecular weight is 614 g/mol. The number of fused-ring (bicyclic) bond motifs is 1. The lowest BCUT2D eigenvalue weighted by atomic mass is 9.86. The van der Waals surface area contributed by atoms with Crippen molar-refractivity contribution in [3.05, 3.63) is 119 Å². The molecule has 0 saturated carbocycles. The molecule has 4 N–H and O–H groups in total. The highest BCUT2D eigenvalue weighted by atomic mass is 19.1. The summed E-state index contributed by atoms with van der Waals surface area (Å²) in [7, 11) is 0. The lowest BCUT2D eigenvalue weighted by Crippen LogP contribution is -2.49. The summed E-state index contributed by atoms with van der Waals surface area (Å²) >= 11 is 0. The lowest BCUT2D eigenvalue weighted by molar-refractivity contribution is -0.146. The van der Waals surface area contributed by atoms with Gasteiger partial charge in [-0.15, -0.1) is 0 Å². The number of aromatic hydroxyl groups is 2. The molecule has 0 amide bonds. The quantitative estimate of drug-likeness (QED) is 0.175. The maximum atomic E-state index is 12.6. The van der Waals surface area contributed by atoms with Crippen LogP contribution in [0.4, 0.5) is 4.39 Å². The van der Waals surface area contributed by atoms with E-state index in [1.54, 1.807) is 60.7 Å². The van der Waals surface area contributed by atoms with Gasteiger partial charge in [0.25, 0.3) is 0 Å². The van der Waals surface area contributed by atoms with E-state index in [9.17, 15) is 19.4 Å². The highest BCUT2D eigenvalue weighted by molar-refractivity contribution is 5.95. The number of aliphatic carboxylic acids is 1. The lowest BCUT2D eigenvalue weighted by Gasteiger charge is -2.37. The summed E-state index contributed by atoms with van der Waals surface area (Å²) in [5.74, 6) is 0.785. The van der Waals surface area contributed by atoms with Crippen LogP contribution in [0.15, 0.2) is 97.1 Å². The summed E-state index contributed by atoms with van der Waals surface area (Å²) < 4.78 is 24.9. The Labute approximate surface area is 261 Å². The van der Waals surface area contributed by atoms with E-state index in [4.69, 9.17) is 19.7 Å². The molecule has 6 rings (SSSR count). The summed E-state index contributed by atoms with van der Waals surface area (Å²) in [5, 5.41) is 37.5. The van der Waals surface area contributed by atoms with Gasteiger partial charge < -0.3 is 29.9 Å². The molecule has 2 heterocycles. The van der Waals surface area contributed by atoms with Crippen molar-refractivity contribution in [2.75, 3.05) is 32.9 Å². The fraction of sp³-hybridized carbons (Fsp3) is 0.250. The van der Waals surface area contributed by atoms with Gasteiger partial charge in [-0.25, -0.2) is 4.79 Å². The SMILES string of the molecule is CC1=C(c2cccc(O)c2)[C@@H](c2ccc(OCCN3CC(CF)C3)cc2)Oc2ccc(O)cc21.O=C(O)C(O)c1ccccc1. The number of carboxylic acids is 1. The van der Waals surface area contributed by atoms with Gasteiger partial charge in [0.15, 0.2) is 6.10 Å². The Morgan fingerprint density at radius 3 is 2.33 bits per heavy atom. The molecule has 1 unspecified atom stereocenters. The van der Waals surface area contributed by atoms with E-state index < -0.39 is 12.1 Å². The first-order valence-electron chi connectivity index (χ1n) is 14.7. The number of aliphatic hydroxyl groups is 1. The largest absolute Gasteiger partial charge is 0.508 e. The number of hydrogen-bond donors (Lipinski definition) is 4. The van der Waals surface area contributed by atoms with E-state index >= 15 is 0 Å². The van der Waals surface area contributed by atoms with Crippen molar-refractivity contribution >= 4 is 17.1 Å². The number of likely N-dealkylation sites (tertiary alicyclic amines) is 1. The van der Waals surface area contributed by atoms with Crippen molar-refractivity contribution in [1.29, 1.82) is 0 Å². The minimum absolute atomic E-state index is 0.176. The monoisotopic (exact) mass is 613 g/mol. The normalized spacial score (nSPS) is 16.8. The number of carboxylic acid groups (broad SMARTS) is 1. The standard InChI is InChI=1S/C28H28FNO4.C8H8O3/c1-18-25-14-23(32)7-10-26(25)34-28(27(18)21-3-2-4-22(31)13-21)20-5-8-24(9-6-20)33-12-11-30-16-19(15-29)17-30;9-7(8(10)11)6-4-2-1-3-5-6/h2-10,13-14,19,28,31-32H,11-12,15-17H2,1H3;1-5,7,9H,(H,10,11)/t28-;/m1./s1. The molecule has 4 aromatic carbocycles. The zero-order valence-electron chi connectivity index (χ0n) is 24.8. The molecule has 9 heteroatoms. The highest BCUT2D eigenvalue weighted by Crippen LogP contribution is 2.47. The van der Waals surface area contributed by atoms with Gasteiger partial charge in [-0.05, 0) is 71.7 Å². The van der Waals surface area contributed by atoms with Crippen LogP contribution < -0.4 is 9.47 Å². The third-order valence-corrected chi connectivity index (χ3v) is 7.89. The molecule has 1 saturated heterocycles. The second kappa shape index (κ2) is 14.3. The Balaban J connectivity index is 0.000000309. The van der Waals surface area contributed by atoms with Crippen LogP contribution in [-0.4, -0.2) is 64.2 Å². The van der Waals surface area contributed by atoms with E-state index in [0.717, 1.165) is 53.2 Å². The third kappa shape index (κ3) is 7.63. The number of phenolic OH excluding ortho intramolecular Hbond substituents is 2. The van der Waals surface area contributed by atoms with E-state index in [2.05, 4.69) is 4.90 Å². The third-order valence-electron chi connectivity index (χ3n) is 7.89. The van der Waals surface area contributed by atoms with Gasteiger partial charge in [-0.3, -0.25) is 9.29 Å². The Morgan fingerprint density at radius 2 is 1.67 bits per heavy atom. The first kappa shape index (κ1) is 31.6. The highest BCUT2D eigenvalue weighted by Gasteiger charge is 2.30. The molecule has 0 spiro atoms. The molecule has 234 valence electrons. The smallest absolute Gasteiger partial charge is 0.337 e. The topological polar surface area (TPSA) is 120 Å². The van der Waals surface area contributed by atoms with Gasteiger partial charge in [-0.1, -0.05) is 54.6 Å². The number of nitrogens with zero attached hydrogens (tertiary/aromatic N) is 1. The maximum Gasteiger partial charge on any atom is 0.337 e. The summed E-state index contributed by atoms with van der Waals surface area (Å²) in [6.45, 7) is 4.72. The van der Waals surface area contributed by atoms with Crippen molar-refractivity contribution in [3.8, 4) is 23.0 Å². The van der Waals surface area contributed by atoms with Crippen LogP contribution >= 0.6 is 0 Å². The minimum atomic E-state index is -1.41. The first-order chi connectivity index (χ1) is 21.7. The number of hydrogen-bond acceptors (Lipinski definition) is 7. The Kier molecular flexibility index (Phi) is 10.0. The van der Waals surface area contributed by atoms with Gasteiger partial charge >= 0.3 is 5.97 Å². The average Bonchev–Trinajstić information content (AvgIpc) is 3.03. The van der Waals surface area contributed by atoms with E-state index in [-0.39, 0.29) is 30.2 Å².